The summed E-state index contributed by atoms with van der Waals surface area (Å²) in [5, 5.41) is 16.4. The molecule has 2 aromatic carbocycles. The Balaban J connectivity index is 1.68. The number of aryl methyl sites for hydroxylation is 1. The summed E-state index contributed by atoms with van der Waals surface area (Å²) >= 11 is 0. The molecule has 5 atom stereocenters. The molecule has 0 aromatic heterocycles. The van der Waals surface area contributed by atoms with E-state index in [-0.39, 0.29) is 5.91 Å². The van der Waals surface area contributed by atoms with E-state index in [0.29, 0.717) is 16.9 Å². The van der Waals surface area contributed by atoms with E-state index in [4.69, 9.17) is 0 Å². The lowest BCUT2D eigenvalue weighted by atomic mass is 9.76. The fourth-order valence-corrected chi connectivity index (χ4v) is 5.05. The number of carbonyl (C=O) groups is 3. The van der Waals surface area contributed by atoms with Crippen molar-refractivity contribution in [3.63, 3.8) is 0 Å². The predicted molar refractivity (Wildman–Crippen MR) is 106 cm³/mol. The van der Waals surface area contributed by atoms with Crippen molar-refractivity contribution in [1.82, 2.24) is 5.32 Å². The molecule has 3 aliphatic rings. The van der Waals surface area contributed by atoms with Gasteiger partial charge in [0.1, 0.15) is 5.54 Å². The standard InChI is InChI=1S/C22H21N3O4/c1-11-7-9-13(10-8-11)25-19(27)16-17(20(25)28)22(24-18(16)12(2)26)14-5-3-4-6-15(14)23-21(22)29/h3-10,12,16-18,24,26H,1-2H3,(H,23,29)/t12-,16+,17-,18-,22-/m0/s1. The van der Waals surface area contributed by atoms with Crippen molar-refractivity contribution < 1.29 is 19.5 Å². The number of para-hydroxylation sites is 1. The molecule has 148 valence electrons. The van der Waals surface area contributed by atoms with Gasteiger partial charge in [-0.15, -0.1) is 0 Å². The number of aliphatic hydroxyl groups is 1. The van der Waals surface area contributed by atoms with Gasteiger partial charge in [-0.25, -0.2) is 4.90 Å². The average molecular weight is 391 g/mol. The van der Waals surface area contributed by atoms with Crippen molar-refractivity contribution in [2.75, 3.05) is 10.2 Å². The monoisotopic (exact) mass is 391 g/mol. The van der Waals surface area contributed by atoms with Crippen LogP contribution in [0.5, 0.6) is 0 Å². The maximum absolute atomic E-state index is 13.6. The highest BCUT2D eigenvalue weighted by atomic mass is 16.3. The summed E-state index contributed by atoms with van der Waals surface area (Å²) in [6.07, 6.45) is -0.919. The van der Waals surface area contributed by atoms with Gasteiger partial charge in [0, 0.05) is 17.3 Å². The summed E-state index contributed by atoms with van der Waals surface area (Å²) in [7, 11) is 0. The van der Waals surface area contributed by atoms with Crippen LogP contribution in [-0.2, 0) is 19.9 Å². The van der Waals surface area contributed by atoms with Crippen molar-refractivity contribution in [3.05, 3.63) is 59.7 Å². The van der Waals surface area contributed by atoms with Crippen molar-refractivity contribution in [1.29, 1.82) is 0 Å². The SMILES string of the molecule is Cc1ccc(N2C(=O)[C@H]3[C@H]([C@H](C)O)N[C@]4(C(=O)Nc5ccccc54)[C@@H]3C2=O)cc1. The topological polar surface area (TPSA) is 98.7 Å². The van der Waals surface area contributed by atoms with E-state index in [1.165, 1.54) is 4.90 Å². The lowest BCUT2D eigenvalue weighted by molar-refractivity contribution is -0.130. The predicted octanol–water partition coefficient (Wildman–Crippen LogP) is 1.30. The largest absolute Gasteiger partial charge is 0.392 e. The molecule has 3 aliphatic heterocycles. The van der Waals surface area contributed by atoms with Crippen LogP contribution in [0, 0.1) is 18.8 Å². The minimum Gasteiger partial charge on any atom is -0.392 e. The third-order valence-corrected chi connectivity index (χ3v) is 6.37. The van der Waals surface area contributed by atoms with E-state index in [1.807, 2.05) is 19.1 Å². The lowest BCUT2D eigenvalue weighted by Gasteiger charge is -2.30. The molecule has 29 heavy (non-hydrogen) atoms. The number of nitrogens with one attached hydrogen (secondary N) is 2. The fourth-order valence-electron chi connectivity index (χ4n) is 5.05. The summed E-state index contributed by atoms with van der Waals surface area (Å²) in [5.41, 5.74) is 1.36. The molecule has 0 bridgehead atoms. The molecule has 7 nitrogen and oxygen atoms in total. The Bertz CT molecular complexity index is 1050. The lowest BCUT2D eigenvalue weighted by Crippen LogP contribution is -2.54. The minimum absolute atomic E-state index is 0.372. The molecule has 7 heteroatoms. The third kappa shape index (κ3) is 2.22. The molecule has 0 aliphatic carbocycles. The number of hydrogen-bond acceptors (Lipinski definition) is 5. The Hall–Kier alpha value is -3.03. The molecule has 3 amide bonds. The summed E-state index contributed by atoms with van der Waals surface area (Å²) in [6, 6.07) is 13.6. The van der Waals surface area contributed by atoms with Crippen LogP contribution in [0.15, 0.2) is 48.5 Å². The second kappa shape index (κ2) is 5.98. The van der Waals surface area contributed by atoms with Crippen LogP contribution >= 0.6 is 0 Å². The first kappa shape index (κ1) is 18.0. The van der Waals surface area contributed by atoms with Crippen LogP contribution in [0.2, 0.25) is 0 Å². The molecular formula is C22H21N3O4. The van der Waals surface area contributed by atoms with Gasteiger partial charge in [0.2, 0.25) is 17.7 Å². The number of amides is 3. The zero-order chi connectivity index (χ0) is 20.5. The highest BCUT2D eigenvalue weighted by Crippen LogP contribution is 2.53. The highest BCUT2D eigenvalue weighted by Gasteiger charge is 2.71. The van der Waals surface area contributed by atoms with Crippen molar-refractivity contribution in [2.24, 2.45) is 11.8 Å². The van der Waals surface area contributed by atoms with Crippen LogP contribution in [0.1, 0.15) is 18.1 Å². The molecule has 3 N–H and O–H groups in total. The zero-order valence-electron chi connectivity index (χ0n) is 16.0. The number of hydrogen-bond donors (Lipinski definition) is 3. The quantitative estimate of drug-likeness (QED) is 0.671. The van der Waals surface area contributed by atoms with E-state index < -0.39 is 41.3 Å². The smallest absolute Gasteiger partial charge is 0.250 e. The molecule has 2 saturated heterocycles. The number of aliphatic hydroxyl groups excluding tert-OH is 1. The number of nitrogens with zero attached hydrogens (tertiary/aromatic N) is 1. The fraction of sp³-hybridized carbons (Fsp3) is 0.318. The van der Waals surface area contributed by atoms with Gasteiger partial charge in [-0.2, -0.15) is 0 Å². The van der Waals surface area contributed by atoms with Crippen LogP contribution in [0.4, 0.5) is 11.4 Å². The van der Waals surface area contributed by atoms with Gasteiger partial charge in [-0.3, -0.25) is 19.7 Å². The van der Waals surface area contributed by atoms with Crippen molar-refractivity contribution in [2.45, 2.75) is 31.5 Å². The molecule has 0 saturated carbocycles. The van der Waals surface area contributed by atoms with E-state index in [1.54, 1.807) is 43.3 Å². The number of fused-ring (bicyclic) bond motifs is 4. The van der Waals surface area contributed by atoms with Gasteiger partial charge in [-0.1, -0.05) is 35.9 Å². The van der Waals surface area contributed by atoms with E-state index in [0.717, 1.165) is 5.56 Å². The Labute approximate surface area is 167 Å². The second-order valence-electron chi connectivity index (χ2n) is 8.07. The zero-order valence-corrected chi connectivity index (χ0v) is 16.0. The molecule has 2 aromatic rings. The summed E-state index contributed by atoms with van der Waals surface area (Å²) in [5.74, 6) is -2.95. The first-order valence-electron chi connectivity index (χ1n) is 9.67. The van der Waals surface area contributed by atoms with Gasteiger partial charge >= 0.3 is 0 Å². The second-order valence-corrected chi connectivity index (χ2v) is 8.07. The van der Waals surface area contributed by atoms with Gasteiger partial charge < -0.3 is 10.4 Å². The van der Waals surface area contributed by atoms with Crippen LogP contribution in [0.25, 0.3) is 0 Å². The molecule has 2 fully saturated rings. The Morgan fingerprint density at radius 1 is 1.03 bits per heavy atom. The van der Waals surface area contributed by atoms with Crippen molar-refractivity contribution in [3.8, 4) is 0 Å². The third-order valence-electron chi connectivity index (χ3n) is 6.37. The Morgan fingerprint density at radius 2 is 1.72 bits per heavy atom. The maximum atomic E-state index is 13.6. The summed E-state index contributed by atoms with van der Waals surface area (Å²) in [6.45, 7) is 3.49. The van der Waals surface area contributed by atoms with Gasteiger partial charge in [-0.05, 0) is 32.0 Å². The number of benzene rings is 2. The van der Waals surface area contributed by atoms with Gasteiger partial charge in [0.25, 0.3) is 0 Å². The molecule has 3 heterocycles. The Morgan fingerprint density at radius 3 is 2.41 bits per heavy atom. The summed E-state index contributed by atoms with van der Waals surface area (Å²) in [4.78, 5) is 41.3. The number of carbonyl (C=O) groups excluding carboxylic acids is 3. The van der Waals surface area contributed by atoms with E-state index in [2.05, 4.69) is 10.6 Å². The molecule has 0 unspecified atom stereocenters. The van der Waals surface area contributed by atoms with Crippen LogP contribution in [-0.4, -0.2) is 35.0 Å². The van der Waals surface area contributed by atoms with Crippen LogP contribution < -0.4 is 15.5 Å². The number of imide groups is 1. The van der Waals surface area contributed by atoms with Crippen molar-refractivity contribution >= 4 is 29.1 Å². The summed E-state index contributed by atoms with van der Waals surface area (Å²) < 4.78 is 0. The van der Waals surface area contributed by atoms with E-state index >= 15 is 0 Å². The first-order valence-corrected chi connectivity index (χ1v) is 9.67. The average Bonchev–Trinajstić information content (AvgIpc) is 3.28. The van der Waals surface area contributed by atoms with Crippen LogP contribution in [0.3, 0.4) is 0 Å². The molecular weight excluding hydrogens is 370 g/mol. The molecule has 5 rings (SSSR count). The molecule has 1 spiro atoms. The number of rotatable bonds is 2. The van der Waals surface area contributed by atoms with Gasteiger partial charge in [0.15, 0.2) is 0 Å². The first-order chi connectivity index (χ1) is 13.9. The maximum Gasteiger partial charge on any atom is 0.250 e. The van der Waals surface area contributed by atoms with Gasteiger partial charge in [0.05, 0.1) is 23.6 Å². The van der Waals surface area contributed by atoms with E-state index in [9.17, 15) is 19.5 Å². The highest BCUT2D eigenvalue weighted by molar-refractivity contribution is 6.25. The minimum atomic E-state index is -1.38. The molecule has 0 radical (unpaired) electrons. The Kier molecular flexibility index (Phi) is 3.72. The normalized spacial score (nSPS) is 31.2. The number of anilines is 2.